The van der Waals surface area contributed by atoms with E-state index in [-0.39, 0.29) is 16.9 Å². The maximum Gasteiger partial charge on any atom is 0.200 e. The lowest BCUT2D eigenvalue weighted by Crippen LogP contribution is -2.47. The average Bonchev–Trinajstić information content (AvgIpc) is 2.85. The predicted octanol–water partition coefficient (Wildman–Crippen LogP) is 4.64. The molecule has 6 heteroatoms. The molecule has 0 N–H and O–H groups in total. The fourth-order valence-electron chi connectivity index (χ4n) is 3.57. The molecule has 0 spiro atoms. The molecular weight excluding hydrogens is 325 g/mol. The molecule has 2 fully saturated rings. The van der Waals surface area contributed by atoms with Crippen LogP contribution in [0.3, 0.4) is 0 Å². The van der Waals surface area contributed by atoms with Gasteiger partial charge in [0, 0.05) is 12.9 Å². The highest BCUT2D eigenvalue weighted by molar-refractivity contribution is 6.74. The molecule has 3 atom stereocenters. The highest BCUT2D eigenvalue weighted by atomic mass is 35.5. The summed E-state index contributed by atoms with van der Waals surface area (Å²) < 4.78 is 6.40. The topological polar surface area (TPSA) is 29.5 Å². The second-order valence-corrected chi connectivity index (χ2v) is 13.1. The number of carbonyl (C=O) groups is 1. The van der Waals surface area contributed by atoms with Crippen molar-refractivity contribution >= 4 is 33.6 Å². The Labute approximate surface area is 150 Å². The Balaban J connectivity index is 0.00000127. The lowest BCUT2D eigenvalue weighted by atomic mass is 9.79. The first-order valence-electron chi connectivity index (χ1n) is 8.71. The van der Waals surface area contributed by atoms with E-state index >= 15 is 0 Å². The number of rotatable bonds is 3. The number of fused-ring (bicyclic) bond motifs is 1. The predicted molar refractivity (Wildman–Crippen MR) is 102 cm³/mol. The van der Waals surface area contributed by atoms with Crippen molar-refractivity contribution in [3.63, 3.8) is 0 Å². The molecule has 0 aromatic rings. The molecule has 0 bridgehead atoms. The van der Waals surface area contributed by atoms with Crippen LogP contribution in [-0.4, -0.2) is 52.4 Å². The normalized spacial score (nSPS) is 28.0. The van der Waals surface area contributed by atoms with Crippen LogP contribution in [0.5, 0.6) is 0 Å². The van der Waals surface area contributed by atoms with Crippen LogP contribution >= 0.6 is 11.6 Å². The number of likely N-dealkylation sites (tertiary alicyclic amines) is 1. The first kappa shape index (κ1) is 21.0. The molecule has 1 saturated carbocycles. The van der Waals surface area contributed by atoms with Gasteiger partial charge in [0.1, 0.15) is 0 Å². The minimum Gasteiger partial charge on any atom is -0.415 e. The molecule has 1 saturated heterocycles. The van der Waals surface area contributed by atoms with Crippen LogP contribution in [0.15, 0.2) is 0 Å². The van der Waals surface area contributed by atoms with Crippen LogP contribution in [0.25, 0.3) is 0 Å². The quantitative estimate of drug-likeness (QED) is 0.544. The number of hydrogen-bond donors (Lipinski definition) is 0. The summed E-state index contributed by atoms with van der Waals surface area (Å²) in [6.07, 6.45) is 6.51. The molecule has 23 heavy (non-hydrogen) atoms. The van der Waals surface area contributed by atoms with Gasteiger partial charge in [0.25, 0.3) is 0 Å². The Morgan fingerprint density at radius 3 is 2.35 bits per heavy atom. The van der Waals surface area contributed by atoms with Crippen LogP contribution in [-0.2, 0) is 4.43 Å². The zero-order chi connectivity index (χ0) is 17.8. The minimum absolute atomic E-state index is 0.196. The summed E-state index contributed by atoms with van der Waals surface area (Å²) in [4.78, 5) is 13.7. The van der Waals surface area contributed by atoms with Crippen molar-refractivity contribution in [1.82, 2.24) is 4.90 Å². The van der Waals surface area contributed by atoms with E-state index in [9.17, 15) is 4.79 Å². The maximum atomic E-state index is 11.8. The zero-order valence-electron chi connectivity index (χ0n) is 15.7. The fraction of sp³-hybridized carbons (Fsp3) is 0.941. The van der Waals surface area contributed by atoms with Crippen molar-refractivity contribution in [2.75, 3.05) is 19.5 Å². The van der Waals surface area contributed by atoms with Gasteiger partial charge < -0.3 is 9.33 Å². The second-order valence-electron chi connectivity index (χ2n) is 8.34. The van der Waals surface area contributed by atoms with E-state index in [1.807, 2.05) is 4.90 Å². The summed E-state index contributed by atoms with van der Waals surface area (Å²) in [5.74, 6) is 0.962. The molecular formula is C17H33BClNO2Si. The number of hydrogen-bond acceptors (Lipinski definition) is 2. The van der Waals surface area contributed by atoms with Gasteiger partial charge in [-0.05, 0) is 42.8 Å². The van der Waals surface area contributed by atoms with E-state index in [0.29, 0.717) is 18.4 Å². The van der Waals surface area contributed by atoms with E-state index in [2.05, 4.69) is 45.5 Å². The number of amides is 1. The van der Waals surface area contributed by atoms with Gasteiger partial charge >= 0.3 is 0 Å². The van der Waals surface area contributed by atoms with Crippen molar-refractivity contribution in [2.24, 2.45) is 11.8 Å². The summed E-state index contributed by atoms with van der Waals surface area (Å²) in [7, 11) is 3.84. The van der Waals surface area contributed by atoms with E-state index in [1.54, 1.807) is 0 Å². The monoisotopic (exact) mass is 357 g/mol. The summed E-state index contributed by atoms with van der Waals surface area (Å²) in [5.41, 5.74) is 0. The van der Waals surface area contributed by atoms with Gasteiger partial charge in [-0.1, -0.05) is 33.6 Å². The Morgan fingerprint density at radius 2 is 1.83 bits per heavy atom. The molecule has 132 valence electrons. The van der Waals surface area contributed by atoms with Crippen LogP contribution in [0.4, 0.5) is 4.79 Å². The second kappa shape index (κ2) is 8.39. The number of halogens is 1. The smallest absolute Gasteiger partial charge is 0.200 e. The van der Waals surface area contributed by atoms with E-state index in [1.165, 1.54) is 32.1 Å². The summed E-state index contributed by atoms with van der Waals surface area (Å²) in [6.45, 7) is 12.8. The number of carbonyl (C=O) groups excluding carboxylic acids is 1. The highest BCUT2D eigenvalue weighted by Gasteiger charge is 2.45. The zero-order valence-corrected chi connectivity index (χ0v) is 17.4. The van der Waals surface area contributed by atoms with Gasteiger partial charge in [-0.2, -0.15) is 0 Å². The van der Waals surface area contributed by atoms with Crippen molar-refractivity contribution in [3.8, 4) is 0 Å². The molecule has 0 aromatic heterocycles. The average molecular weight is 358 g/mol. The summed E-state index contributed by atoms with van der Waals surface area (Å²) >= 11 is 4.64. The molecule has 1 aliphatic carbocycles. The standard InChI is InChI=1S/C16H30BNO2Si.CH3Cl/c1-16(2,3)21(4,5)20-11-14-13-9-7-6-8-12(13)10-18(14)15(17)19;1-2/h12-14H,6-11H2,1-5H3;1H3/t12?,13?,14-;/m1./s1. The van der Waals surface area contributed by atoms with E-state index in [4.69, 9.17) is 12.3 Å². The van der Waals surface area contributed by atoms with Crippen LogP contribution in [0.1, 0.15) is 46.5 Å². The molecule has 1 heterocycles. The molecule has 3 nitrogen and oxygen atoms in total. The number of alkyl halides is 1. The van der Waals surface area contributed by atoms with E-state index in [0.717, 1.165) is 6.54 Å². The Hall–Kier alpha value is 0.00182. The van der Waals surface area contributed by atoms with Gasteiger partial charge in [-0.15, -0.1) is 11.6 Å². The third-order valence-corrected chi connectivity index (χ3v) is 10.5. The van der Waals surface area contributed by atoms with Gasteiger partial charge in [0.15, 0.2) is 14.1 Å². The highest BCUT2D eigenvalue weighted by Crippen LogP contribution is 2.42. The van der Waals surface area contributed by atoms with Crippen molar-refractivity contribution in [2.45, 2.75) is 70.6 Å². The van der Waals surface area contributed by atoms with Gasteiger partial charge in [-0.25, -0.2) is 0 Å². The van der Waals surface area contributed by atoms with E-state index < -0.39 is 8.32 Å². The molecule has 1 aliphatic heterocycles. The summed E-state index contributed by atoms with van der Waals surface area (Å²) in [5, 5.41) is 0.203. The Morgan fingerprint density at radius 1 is 1.26 bits per heavy atom. The summed E-state index contributed by atoms with van der Waals surface area (Å²) in [6, 6.07) is 0.196. The fourth-order valence-corrected chi connectivity index (χ4v) is 4.59. The molecule has 2 unspecified atom stereocenters. The third kappa shape index (κ3) is 4.99. The van der Waals surface area contributed by atoms with Crippen LogP contribution in [0.2, 0.25) is 18.1 Å². The van der Waals surface area contributed by atoms with Crippen LogP contribution < -0.4 is 0 Å². The van der Waals surface area contributed by atoms with Crippen molar-refractivity contribution in [3.05, 3.63) is 0 Å². The molecule has 2 aliphatic rings. The molecule has 2 radical (unpaired) electrons. The minimum atomic E-state index is -1.77. The Bertz CT molecular complexity index is 401. The van der Waals surface area contributed by atoms with Crippen molar-refractivity contribution < 1.29 is 9.22 Å². The third-order valence-electron chi connectivity index (χ3n) is 6.00. The van der Waals surface area contributed by atoms with Crippen molar-refractivity contribution in [1.29, 1.82) is 0 Å². The SMILES string of the molecule is CCl.[B]C(=O)N1CC2CCCCC2[C@H]1CO[Si](C)(C)C(C)(C)C. The maximum absolute atomic E-state index is 11.8. The molecule has 0 aromatic carbocycles. The van der Waals surface area contributed by atoms with Gasteiger partial charge in [-0.3, -0.25) is 4.79 Å². The molecule has 2 rings (SSSR count). The Kier molecular flexibility index (Phi) is 7.68. The van der Waals surface area contributed by atoms with Crippen LogP contribution in [0, 0.1) is 11.8 Å². The number of nitrogens with zero attached hydrogens (tertiary/aromatic N) is 1. The lowest BCUT2D eigenvalue weighted by molar-refractivity contribution is 0.146. The first-order valence-corrected chi connectivity index (χ1v) is 12.4. The largest absolute Gasteiger partial charge is 0.415 e. The van der Waals surface area contributed by atoms with Gasteiger partial charge in [0.2, 0.25) is 7.85 Å². The lowest BCUT2D eigenvalue weighted by Gasteiger charge is -2.39. The van der Waals surface area contributed by atoms with Gasteiger partial charge in [0.05, 0.1) is 12.6 Å². The first-order chi connectivity index (χ1) is 10.6. The molecule has 1 amide bonds.